The van der Waals surface area contributed by atoms with Gasteiger partial charge in [-0.3, -0.25) is 9.69 Å². The molecule has 0 aromatic heterocycles. The first-order valence-electron chi connectivity index (χ1n) is 7.92. The van der Waals surface area contributed by atoms with Gasteiger partial charge in [-0.1, -0.05) is 32.9 Å². The van der Waals surface area contributed by atoms with Crippen molar-refractivity contribution in [1.29, 1.82) is 0 Å². The fourth-order valence-electron chi connectivity index (χ4n) is 2.27. The average Bonchev–Trinajstić information content (AvgIpc) is 2.50. The van der Waals surface area contributed by atoms with Crippen LogP contribution in [0.1, 0.15) is 39.2 Å². The van der Waals surface area contributed by atoms with Crippen LogP contribution in [0.5, 0.6) is 0 Å². The van der Waals surface area contributed by atoms with Gasteiger partial charge in [-0.2, -0.15) is 0 Å². The van der Waals surface area contributed by atoms with Crippen molar-refractivity contribution in [3.05, 3.63) is 29.8 Å². The normalized spacial score (nSPS) is 12.4. The second-order valence-corrected chi connectivity index (χ2v) is 5.48. The first kappa shape index (κ1) is 17.7. The Morgan fingerprint density at radius 2 is 2.05 bits per heavy atom. The minimum absolute atomic E-state index is 0.0000109. The minimum Gasteiger partial charge on any atom is -0.330 e. The molecule has 0 bridgehead atoms. The van der Waals surface area contributed by atoms with Crippen molar-refractivity contribution in [3.8, 4) is 0 Å². The van der Waals surface area contributed by atoms with Gasteiger partial charge in [0.1, 0.15) is 0 Å². The van der Waals surface area contributed by atoms with E-state index in [1.165, 1.54) is 5.56 Å². The predicted molar refractivity (Wildman–Crippen MR) is 89.1 cm³/mol. The fourth-order valence-corrected chi connectivity index (χ4v) is 2.27. The lowest BCUT2D eigenvalue weighted by Gasteiger charge is -2.18. The second kappa shape index (κ2) is 9.53. The van der Waals surface area contributed by atoms with Gasteiger partial charge in [0, 0.05) is 18.2 Å². The van der Waals surface area contributed by atoms with E-state index in [1.54, 1.807) is 0 Å². The minimum atomic E-state index is -0.0000109. The molecule has 1 amide bonds. The van der Waals surface area contributed by atoms with E-state index in [-0.39, 0.29) is 11.8 Å². The number of carbonyl (C=O) groups is 1. The smallest absolute Gasteiger partial charge is 0.227 e. The quantitative estimate of drug-likeness (QED) is 0.735. The molecule has 21 heavy (non-hydrogen) atoms. The van der Waals surface area contributed by atoms with E-state index in [1.807, 2.05) is 19.1 Å². The van der Waals surface area contributed by atoms with Crippen LogP contribution >= 0.6 is 0 Å². The third-order valence-electron chi connectivity index (χ3n) is 3.78. The lowest BCUT2D eigenvalue weighted by Crippen LogP contribution is -2.23. The standard InChI is InChI=1S/C17H29N3O/c1-4-20(5-2)13-15-9-6-10-16(12-15)19-17(21)14(3)8-7-11-18/h6,9-10,12,14H,4-5,7-8,11,13,18H2,1-3H3,(H,19,21). The van der Waals surface area contributed by atoms with Crippen molar-refractivity contribution in [1.82, 2.24) is 4.90 Å². The Hall–Kier alpha value is -1.39. The zero-order valence-electron chi connectivity index (χ0n) is 13.6. The van der Waals surface area contributed by atoms with Crippen LogP contribution in [-0.2, 0) is 11.3 Å². The van der Waals surface area contributed by atoms with E-state index < -0.39 is 0 Å². The molecule has 0 spiro atoms. The molecule has 0 saturated carbocycles. The lowest BCUT2D eigenvalue weighted by molar-refractivity contribution is -0.119. The van der Waals surface area contributed by atoms with Crippen LogP contribution in [0.25, 0.3) is 0 Å². The number of hydrogen-bond acceptors (Lipinski definition) is 3. The van der Waals surface area contributed by atoms with Gasteiger partial charge in [-0.15, -0.1) is 0 Å². The van der Waals surface area contributed by atoms with E-state index in [0.29, 0.717) is 6.54 Å². The maximum absolute atomic E-state index is 12.1. The van der Waals surface area contributed by atoms with Crippen molar-refractivity contribution >= 4 is 11.6 Å². The number of nitrogens with zero attached hydrogens (tertiary/aromatic N) is 1. The maximum Gasteiger partial charge on any atom is 0.227 e. The average molecular weight is 291 g/mol. The first-order valence-corrected chi connectivity index (χ1v) is 7.92. The molecule has 0 aliphatic heterocycles. The Morgan fingerprint density at radius 1 is 1.33 bits per heavy atom. The van der Waals surface area contributed by atoms with Crippen molar-refractivity contribution in [2.45, 2.75) is 40.2 Å². The molecule has 1 aromatic rings. The molecule has 0 heterocycles. The lowest BCUT2D eigenvalue weighted by atomic mass is 10.0. The van der Waals surface area contributed by atoms with Crippen LogP contribution in [-0.4, -0.2) is 30.4 Å². The first-order chi connectivity index (χ1) is 10.1. The van der Waals surface area contributed by atoms with Gasteiger partial charge in [-0.25, -0.2) is 0 Å². The summed E-state index contributed by atoms with van der Waals surface area (Å²) in [4.78, 5) is 14.5. The number of rotatable bonds is 9. The van der Waals surface area contributed by atoms with E-state index in [2.05, 4.69) is 36.2 Å². The van der Waals surface area contributed by atoms with Crippen LogP contribution in [0, 0.1) is 5.92 Å². The van der Waals surface area contributed by atoms with Crippen LogP contribution in [0.3, 0.4) is 0 Å². The molecule has 0 aliphatic carbocycles. The topological polar surface area (TPSA) is 58.4 Å². The number of benzene rings is 1. The van der Waals surface area contributed by atoms with Crippen LogP contribution < -0.4 is 11.1 Å². The highest BCUT2D eigenvalue weighted by molar-refractivity contribution is 5.92. The maximum atomic E-state index is 12.1. The molecule has 1 unspecified atom stereocenters. The highest BCUT2D eigenvalue weighted by Gasteiger charge is 2.12. The Bertz CT molecular complexity index is 430. The van der Waals surface area contributed by atoms with E-state index in [4.69, 9.17) is 5.73 Å². The summed E-state index contributed by atoms with van der Waals surface area (Å²) in [5.74, 6) is 0.0726. The van der Waals surface area contributed by atoms with Crippen molar-refractivity contribution in [3.63, 3.8) is 0 Å². The van der Waals surface area contributed by atoms with Crippen LogP contribution in [0.2, 0.25) is 0 Å². The van der Waals surface area contributed by atoms with Gasteiger partial charge in [0.15, 0.2) is 0 Å². The highest BCUT2D eigenvalue weighted by atomic mass is 16.1. The molecular weight excluding hydrogens is 262 g/mol. The van der Waals surface area contributed by atoms with Gasteiger partial charge >= 0.3 is 0 Å². The van der Waals surface area contributed by atoms with Gasteiger partial charge in [0.2, 0.25) is 5.91 Å². The molecule has 118 valence electrons. The van der Waals surface area contributed by atoms with E-state index in [0.717, 1.165) is 38.2 Å². The second-order valence-electron chi connectivity index (χ2n) is 5.48. The molecule has 1 rings (SSSR count). The Balaban J connectivity index is 2.61. The predicted octanol–water partition coefficient (Wildman–Crippen LogP) is 2.84. The molecule has 0 saturated heterocycles. The third-order valence-corrected chi connectivity index (χ3v) is 3.78. The number of carbonyl (C=O) groups excluding carboxylic acids is 1. The number of hydrogen-bond donors (Lipinski definition) is 2. The summed E-state index contributed by atoms with van der Waals surface area (Å²) >= 11 is 0. The Labute approximate surface area is 128 Å². The molecule has 0 aliphatic rings. The summed E-state index contributed by atoms with van der Waals surface area (Å²) in [6, 6.07) is 8.11. The summed E-state index contributed by atoms with van der Waals surface area (Å²) in [5, 5.41) is 3.00. The summed E-state index contributed by atoms with van der Waals surface area (Å²) in [5.41, 5.74) is 7.59. The summed E-state index contributed by atoms with van der Waals surface area (Å²) in [6.45, 7) is 9.89. The monoisotopic (exact) mass is 291 g/mol. The van der Waals surface area contributed by atoms with Crippen molar-refractivity contribution < 1.29 is 4.79 Å². The molecule has 4 heteroatoms. The summed E-state index contributed by atoms with van der Waals surface area (Å²) in [6.07, 6.45) is 1.72. The number of nitrogens with one attached hydrogen (secondary N) is 1. The summed E-state index contributed by atoms with van der Waals surface area (Å²) in [7, 11) is 0. The number of anilines is 1. The van der Waals surface area contributed by atoms with Crippen LogP contribution in [0.15, 0.2) is 24.3 Å². The number of amides is 1. The van der Waals surface area contributed by atoms with Crippen LogP contribution in [0.4, 0.5) is 5.69 Å². The molecule has 1 aromatic carbocycles. The molecule has 0 radical (unpaired) electrons. The molecule has 0 fully saturated rings. The molecular formula is C17H29N3O. The Kier molecular flexibility index (Phi) is 8.01. The SMILES string of the molecule is CCN(CC)Cc1cccc(NC(=O)C(C)CCCN)c1. The van der Waals surface area contributed by atoms with Gasteiger partial charge in [0.05, 0.1) is 0 Å². The van der Waals surface area contributed by atoms with Gasteiger partial charge in [-0.05, 0) is 50.2 Å². The van der Waals surface area contributed by atoms with E-state index in [9.17, 15) is 4.79 Å². The Morgan fingerprint density at radius 3 is 2.67 bits per heavy atom. The molecule has 3 N–H and O–H groups in total. The fraction of sp³-hybridized carbons (Fsp3) is 0.588. The van der Waals surface area contributed by atoms with Gasteiger partial charge < -0.3 is 11.1 Å². The number of nitrogens with two attached hydrogens (primary N) is 1. The van der Waals surface area contributed by atoms with E-state index >= 15 is 0 Å². The molecule has 4 nitrogen and oxygen atoms in total. The largest absolute Gasteiger partial charge is 0.330 e. The third kappa shape index (κ3) is 6.27. The molecule has 1 atom stereocenters. The zero-order chi connectivity index (χ0) is 15.7. The highest BCUT2D eigenvalue weighted by Crippen LogP contribution is 2.15. The van der Waals surface area contributed by atoms with Gasteiger partial charge in [0.25, 0.3) is 0 Å². The van der Waals surface area contributed by atoms with Crippen molar-refractivity contribution in [2.75, 3.05) is 25.0 Å². The van der Waals surface area contributed by atoms with Crippen molar-refractivity contribution in [2.24, 2.45) is 11.7 Å². The summed E-state index contributed by atoms with van der Waals surface area (Å²) < 4.78 is 0. The zero-order valence-corrected chi connectivity index (χ0v) is 13.6.